The van der Waals surface area contributed by atoms with Crippen LogP contribution in [-0.2, 0) is 20.0 Å². The van der Waals surface area contributed by atoms with Crippen molar-refractivity contribution < 1.29 is 26.7 Å². The number of carbonyl (C=O) groups is 1. The van der Waals surface area contributed by atoms with Crippen LogP contribution in [-0.4, -0.2) is 27.9 Å². The van der Waals surface area contributed by atoms with Gasteiger partial charge in [0.15, 0.2) is 0 Å². The standard InChI is InChI=1S/C19H15BrN2O6S2/c20-14-7-9-15(10-8-14)21-30(27,28)18-6-2-4-16(12-18)22-29(25,26)17-5-1-3-13(11-17)19(23)24/h1-12,21-22H,(H,23,24). The third kappa shape index (κ3) is 5.17. The lowest BCUT2D eigenvalue weighted by Crippen LogP contribution is -2.16. The fourth-order valence-corrected chi connectivity index (χ4v) is 4.93. The highest BCUT2D eigenvalue weighted by Crippen LogP contribution is 2.23. The summed E-state index contributed by atoms with van der Waals surface area (Å²) in [6.07, 6.45) is 0. The zero-order valence-electron chi connectivity index (χ0n) is 15.1. The minimum atomic E-state index is -4.13. The van der Waals surface area contributed by atoms with Crippen LogP contribution in [0.2, 0.25) is 0 Å². The van der Waals surface area contributed by atoms with Gasteiger partial charge in [-0.05, 0) is 60.7 Å². The van der Waals surface area contributed by atoms with E-state index in [-0.39, 0.29) is 21.0 Å². The normalized spacial score (nSPS) is 11.6. The van der Waals surface area contributed by atoms with E-state index in [1.165, 1.54) is 42.5 Å². The molecule has 0 spiro atoms. The van der Waals surface area contributed by atoms with Gasteiger partial charge in [0.05, 0.1) is 21.0 Å². The summed E-state index contributed by atoms with van der Waals surface area (Å²) >= 11 is 3.26. The molecule has 3 aromatic carbocycles. The molecule has 0 atom stereocenters. The first-order valence-corrected chi connectivity index (χ1v) is 12.1. The van der Waals surface area contributed by atoms with E-state index in [1.54, 1.807) is 24.3 Å². The van der Waals surface area contributed by atoms with Crippen molar-refractivity contribution in [3.05, 3.63) is 82.8 Å². The lowest BCUT2D eigenvalue weighted by atomic mass is 10.2. The van der Waals surface area contributed by atoms with Crippen LogP contribution >= 0.6 is 15.9 Å². The largest absolute Gasteiger partial charge is 0.478 e. The van der Waals surface area contributed by atoms with E-state index in [2.05, 4.69) is 25.4 Å². The zero-order valence-corrected chi connectivity index (χ0v) is 18.3. The summed E-state index contributed by atoms with van der Waals surface area (Å²) in [5.74, 6) is -1.26. The van der Waals surface area contributed by atoms with Gasteiger partial charge in [0.25, 0.3) is 20.0 Å². The van der Waals surface area contributed by atoms with Gasteiger partial charge in [0.2, 0.25) is 0 Å². The summed E-state index contributed by atoms with van der Waals surface area (Å²) in [5, 5.41) is 9.04. The monoisotopic (exact) mass is 510 g/mol. The number of nitrogens with one attached hydrogen (secondary N) is 2. The fourth-order valence-electron chi connectivity index (χ4n) is 2.47. The minimum absolute atomic E-state index is 0.00871. The maximum absolute atomic E-state index is 12.6. The van der Waals surface area contributed by atoms with Crippen LogP contribution < -0.4 is 9.44 Å². The predicted octanol–water partition coefficient (Wildman–Crippen LogP) is 3.75. The van der Waals surface area contributed by atoms with Crippen molar-refractivity contribution in [2.45, 2.75) is 9.79 Å². The molecule has 0 unspecified atom stereocenters. The van der Waals surface area contributed by atoms with E-state index in [4.69, 9.17) is 5.11 Å². The van der Waals surface area contributed by atoms with Crippen LogP contribution in [0.4, 0.5) is 11.4 Å². The zero-order chi connectivity index (χ0) is 21.9. The lowest BCUT2D eigenvalue weighted by Gasteiger charge is -2.12. The number of carboxylic acid groups (broad SMARTS) is 1. The first-order valence-electron chi connectivity index (χ1n) is 8.31. The van der Waals surface area contributed by atoms with Gasteiger partial charge in [-0.25, -0.2) is 21.6 Å². The van der Waals surface area contributed by atoms with Crippen molar-refractivity contribution in [3.8, 4) is 0 Å². The first kappa shape index (κ1) is 21.8. The predicted molar refractivity (Wildman–Crippen MR) is 116 cm³/mol. The lowest BCUT2D eigenvalue weighted by molar-refractivity contribution is 0.0696. The Hall–Kier alpha value is -2.89. The Morgan fingerprint density at radius 3 is 1.87 bits per heavy atom. The van der Waals surface area contributed by atoms with Gasteiger partial charge >= 0.3 is 5.97 Å². The number of carboxylic acids is 1. The quantitative estimate of drug-likeness (QED) is 0.443. The van der Waals surface area contributed by atoms with Crippen LogP contribution in [0.1, 0.15) is 10.4 Å². The molecular formula is C19H15BrN2O6S2. The van der Waals surface area contributed by atoms with E-state index >= 15 is 0 Å². The summed E-state index contributed by atoms with van der Waals surface area (Å²) in [7, 11) is -8.09. The van der Waals surface area contributed by atoms with Gasteiger partial charge in [0.1, 0.15) is 0 Å². The van der Waals surface area contributed by atoms with E-state index < -0.39 is 26.0 Å². The third-order valence-electron chi connectivity index (χ3n) is 3.88. The number of rotatable bonds is 7. The molecule has 0 amide bonds. The molecule has 8 nitrogen and oxygen atoms in total. The second kappa shape index (κ2) is 8.46. The Kier molecular flexibility index (Phi) is 6.15. The Bertz CT molecular complexity index is 1310. The Labute approximate surface area is 181 Å². The molecule has 156 valence electrons. The summed E-state index contributed by atoms with van der Waals surface area (Å²) < 4.78 is 55.9. The van der Waals surface area contributed by atoms with Crippen LogP contribution in [0.3, 0.4) is 0 Å². The number of anilines is 2. The molecule has 0 aromatic heterocycles. The highest BCUT2D eigenvalue weighted by Gasteiger charge is 2.19. The number of hydrogen-bond acceptors (Lipinski definition) is 5. The molecule has 3 N–H and O–H groups in total. The Morgan fingerprint density at radius 2 is 1.27 bits per heavy atom. The van der Waals surface area contributed by atoms with Crippen molar-refractivity contribution in [2.24, 2.45) is 0 Å². The van der Waals surface area contributed by atoms with E-state index in [0.717, 1.165) is 10.5 Å². The van der Waals surface area contributed by atoms with Crippen LogP contribution in [0.25, 0.3) is 0 Å². The summed E-state index contributed by atoms with van der Waals surface area (Å²) in [4.78, 5) is 10.7. The van der Waals surface area contributed by atoms with Crippen LogP contribution in [0.15, 0.2) is 87.1 Å². The molecule has 11 heteroatoms. The minimum Gasteiger partial charge on any atom is -0.478 e. The molecule has 0 fully saturated rings. The maximum atomic E-state index is 12.6. The number of benzene rings is 3. The average Bonchev–Trinajstić information content (AvgIpc) is 2.69. The Morgan fingerprint density at radius 1 is 0.733 bits per heavy atom. The van der Waals surface area contributed by atoms with Gasteiger partial charge in [0, 0.05) is 10.2 Å². The average molecular weight is 511 g/mol. The van der Waals surface area contributed by atoms with Gasteiger partial charge in [-0.15, -0.1) is 0 Å². The molecule has 3 rings (SSSR count). The molecule has 0 heterocycles. The summed E-state index contributed by atoms with van der Waals surface area (Å²) in [6.45, 7) is 0. The number of hydrogen-bond donors (Lipinski definition) is 3. The highest BCUT2D eigenvalue weighted by atomic mass is 79.9. The highest BCUT2D eigenvalue weighted by molar-refractivity contribution is 9.10. The molecule has 0 aliphatic rings. The van der Waals surface area contributed by atoms with Gasteiger partial charge in [-0.2, -0.15) is 0 Å². The van der Waals surface area contributed by atoms with Crippen molar-refractivity contribution >= 4 is 53.3 Å². The van der Waals surface area contributed by atoms with Crippen LogP contribution in [0, 0.1) is 0 Å². The molecule has 30 heavy (non-hydrogen) atoms. The van der Waals surface area contributed by atoms with Gasteiger partial charge < -0.3 is 5.11 Å². The van der Waals surface area contributed by atoms with E-state index in [9.17, 15) is 21.6 Å². The van der Waals surface area contributed by atoms with Crippen molar-refractivity contribution in [1.29, 1.82) is 0 Å². The molecule has 0 saturated carbocycles. The van der Waals surface area contributed by atoms with Gasteiger partial charge in [-0.1, -0.05) is 28.1 Å². The summed E-state index contributed by atoms with van der Waals surface area (Å²) in [5.41, 5.74) is 0.164. The first-order chi connectivity index (χ1) is 14.1. The molecular weight excluding hydrogens is 496 g/mol. The molecule has 0 aliphatic heterocycles. The number of aromatic carboxylic acids is 1. The fraction of sp³-hybridized carbons (Fsp3) is 0. The third-order valence-corrected chi connectivity index (χ3v) is 7.17. The molecule has 0 radical (unpaired) electrons. The smallest absolute Gasteiger partial charge is 0.335 e. The van der Waals surface area contributed by atoms with E-state index in [0.29, 0.717) is 5.69 Å². The number of sulfonamides is 2. The Balaban J connectivity index is 1.87. The molecule has 0 bridgehead atoms. The van der Waals surface area contributed by atoms with Crippen molar-refractivity contribution in [2.75, 3.05) is 9.44 Å². The molecule has 3 aromatic rings. The number of halogens is 1. The second-order valence-electron chi connectivity index (χ2n) is 6.08. The maximum Gasteiger partial charge on any atom is 0.335 e. The topological polar surface area (TPSA) is 130 Å². The van der Waals surface area contributed by atoms with Gasteiger partial charge in [-0.3, -0.25) is 9.44 Å². The SMILES string of the molecule is O=C(O)c1cccc(S(=O)(=O)Nc2cccc(S(=O)(=O)Nc3ccc(Br)cc3)c2)c1. The van der Waals surface area contributed by atoms with Crippen molar-refractivity contribution in [1.82, 2.24) is 0 Å². The summed E-state index contributed by atoms with van der Waals surface area (Å²) in [6, 6.07) is 16.6. The van der Waals surface area contributed by atoms with Crippen molar-refractivity contribution in [3.63, 3.8) is 0 Å². The molecule has 0 aliphatic carbocycles. The molecule has 0 saturated heterocycles. The van der Waals surface area contributed by atoms with Crippen LogP contribution in [0.5, 0.6) is 0 Å². The van der Waals surface area contributed by atoms with E-state index in [1.807, 2.05) is 0 Å². The second-order valence-corrected chi connectivity index (χ2v) is 10.4.